The number of sulfone groups is 1. The van der Waals surface area contributed by atoms with Crippen LogP contribution in [-0.4, -0.2) is 46.0 Å². The van der Waals surface area contributed by atoms with Crippen molar-refractivity contribution in [3.63, 3.8) is 0 Å². The normalized spacial score (nSPS) is 16.2. The first kappa shape index (κ1) is 21.6. The number of nitrogens with zero attached hydrogens (tertiary/aromatic N) is 2. The Morgan fingerprint density at radius 3 is 1.87 bits per heavy atom. The molecule has 0 aliphatic carbocycles. The van der Waals surface area contributed by atoms with Crippen LogP contribution in [0.1, 0.15) is 23.7 Å². The lowest BCUT2D eigenvalue weighted by atomic mass is 10.1. The summed E-state index contributed by atoms with van der Waals surface area (Å²) in [6, 6.07) is 29.0. The van der Waals surface area contributed by atoms with Gasteiger partial charge in [0, 0.05) is 31.9 Å². The molecule has 1 fully saturated rings. The lowest BCUT2D eigenvalue weighted by molar-refractivity contribution is 0.252. The van der Waals surface area contributed by atoms with Crippen molar-refractivity contribution in [2.75, 3.05) is 37.6 Å². The summed E-state index contributed by atoms with van der Waals surface area (Å²) in [6.45, 7) is 4.96. The average Bonchev–Trinajstić information content (AvgIpc) is 2.84. The summed E-state index contributed by atoms with van der Waals surface area (Å²) < 4.78 is 26.8. The molecule has 5 heteroatoms. The molecule has 4 rings (SSSR count). The van der Waals surface area contributed by atoms with E-state index in [9.17, 15) is 8.42 Å². The number of hydrogen-bond acceptors (Lipinski definition) is 4. The molecule has 0 amide bonds. The van der Waals surface area contributed by atoms with Gasteiger partial charge in [-0.3, -0.25) is 4.90 Å². The first-order valence-corrected chi connectivity index (χ1v) is 12.6. The van der Waals surface area contributed by atoms with Crippen molar-refractivity contribution in [3.8, 4) is 0 Å². The summed E-state index contributed by atoms with van der Waals surface area (Å²) in [5, 5.41) is -0.512. The van der Waals surface area contributed by atoms with E-state index in [-0.39, 0.29) is 0 Å². The highest BCUT2D eigenvalue weighted by Crippen LogP contribution is 2.32. The minimum Gasteiger partial charge on any atom is -0.369 e. The number of rotatable bonds is 8. The van der Waals surface area contributed by atoms with Gasteiger partial charge in [-0.2, -0.15) is 0 Å². The molecule has 1 aliphatic heterocycles. The summed E-state index contributed by atoms with van der Waals surface area (Å²) in [6.07, 6.45) is 1.48. The molecule has 1 unspecified atom stereocenters. The molecule has 1 atom stereocenters. The van der Waals surface area contributed by atoms with E-state index in [0.29, 0.717) is 11.3 Å². The molecular weight excluding hydrogens is 404 g/mol. The van der Waals surface area contributed by atoms with Crippen molar-refractivity contribution in [2.24, 2.45) is 0 Å². The van der Waals surface area contributed by atoms with Gasteiger partial charge in [0.25, 0.3) is 0 Å². The van der Waals surface area contributed by atoms with E-state index in [4.69, 9.17) is 0 Å². The fraction of sp³-hybridized carbons (Fsp3) is 0.308. The Labute approximate surface area is 186 Å². The van der Waals surface area contributed by atoms with Gasteiger partial charge in [0.15, 0.2) is 9.84 Å². The second kappa shape index (κ2) is 10.1. The van der Waals surface area contributed by atoms with Crippen molar-refractivity contribution in [2.45, 2.75) is 23.0 Å². The standard InChI is InChI=1S/C26H30N2O2S/c29-31(30,25-15-8-3-9-16-25)26(23-11-4-1-5-12-23)17-10-18-27-19-21-28(22-20-27)24-13-6-2-7-14-24/h1-9,11-16,26H,10,17-22H2. The van der Waals surface area contributed by atoms with E-state index in [1.54, 1.807) is 24.3 Å². The first-order valence-electron chi connectivity index (χ1n) is 11.0. The molecule has 0 saturated carbocycles. The Hall–Kier alpha value is -2.63. The van der Waals surface area contributed by atoms with Gasteiger partial charge in [0.1, 0.15) is 0 Å². The molecule has 0 spiro atoms. The molecule has 0 bridgehead atoms. The Bertz CT molecular complexity index is 1030. The Morgan fingerprint density at radius 1 is 0.710 bits per heavy atom. The van der Waals surface area contributed by atoms with Crippen LogP contribution in [0.4, 0.5) is 5.69 Å². The molecule has 0 aromatic heterocycles. The van der Waals surface area contributed by atoms with Crippen LogP contribution in [0.3, 0.4) is 0 Å². The summed E-state index contributed by atoms with van der Waals surface area (Å²) in [7, 11) is -3.43. The maximum atomic E-state index is 13.4. The number of anilines is 1. The third-order valence-electron chi connectivity index (χ3n) is 6.05. The predicted molar refractivity (Wildman–Crippen MR) is 127 cm³/mol. The minimum absolute atomic E-state index is 0.403. The summed E-state index contributed by atoms with van der Waals surface area (Å²) in [5.74, 6) is 0. The lowest BCUT2D eigenvalue weighted by Crippen LogP contribution is -2.46. The van der Waals surface area contributed by atoms with Gasteiger partial charge in [-0.25, -0.2) is 8.42 Å². The van der Waals surface area contributed by atoms with E-state index < -0.39 is 15.1 Å². The molecule has 1 saturated heterocycles. The summed E-state index contributed by atoms with van der Waals surface area (Å²) in [4.78, 5) is 5.28. The molecule has 3 aromatic carbocycles. The van der Waals surface area contributed by atoms with Gasteiger partial charge in [-0.15, -0.1) is 0 Å². The smallest absolute Gasteiger partial charge is 0.185 e. The largest absolute Gasteiger partial charge is 0.369 e. The Balaban J connectivity index is 1.38. The Kier molecular flexibility index (Phi) is 7.05. The van der Waals surface area contributed by atoms with Crippen molar-refractivity contribution >= 4 is 15.5 Å². The van der Waals surface area contributed by atoms with Crippen LogP contribution in [0.5, 0.6) is 0 Å². The fourth-order valence-electron chi connectivity index (χ4n) is 4.31. The van der Waals surface area contributed by atoms with Crippen molar-refractivity contribution in [3.05, 3.63) is 96.6 Å². The van der Waals surface area contributed by atoms with Gasteiger partial charge < -0.3 is 4.90 Å². The van der Waals surface area contributed by atoms with E-state index in [1.165, 1.54) is 5.69 Å². The summed E-state index contributed by atoms with van der Waals surface area (Å²) >= 11 is 0. The fourth-order valence-corrected chi connectivity index (χ4v) is 6.17. The third kappa shape index (κ3) is 5.35. The van der Waals surface area contributed by atoms with Crippen LogP contribution in [-0.2, 0) is 9.84 Å². The van der Waals surface area contributed by atoms with Crippen LogP contribution in [0, 0.1) is 0 Å². The zero-order valence-electron chi connectivity index (χ0n) is 17.8. The maximum absolute atomic E-state index is 13.4. The second-order valence-corrected chi connectivity index (χ2v) is 10.2. The molecule has 1 heterocycles. The summed E-state index contributed by atoms with van der Waals surface area (Å²) in [5.41, 5.74) is 2.15. The number of piperazine rings is 1. The highest BCUT2D eigenvalue weighted by molar-refractivity contribution is 7.91. The number of benzene rings is 3. The van der Waals surface area contributed by atoms with Gasteiger partial charge in [0.05, 0.1) is 10.1 Å². The van der Waals surface area contributed by atoms with Crippen LogP contribution >= 0.6 is 0 Å². The van der Waals surface area contributed by atoms with Gasteiger partial charge in [0.2, 0.25) is 0 Å². The SMILES string of the molecule is O=S(=O)(c1ccccc1)C(CCCN1CCN(c2ccccc2)CC1)c1ccccc1. The van der Waals surface area contributed by atoms with Gasteiger partial charge in [-0.1, -0.05) is 66.7 Å². The second-order valence-electron chi connectivity index (χ2n) is 8.06. The maximum Gasteiger partial charge on any atom is 0.185 e. The van der Waals surface area contributed by atoms with Crippen LogP contribution in [0.25, 0.3) is 0 Å². The van der Waals surface area contributed by atoms with Crippen molar-refractivity contribution in [1.29, 1.82) is 0 Å². The molecular formula is C26H30N2O2S. The third-order valence-corrected chi connectivity index (χ3v) is 8.24. The molecule has 4 nitrogen and oxygen atoms in total. The molecule has 0 N–H and O–H groups in total. The topological polar surface area (TPSA) is 40.6 Å². The van der Waals surface area contributed by atoms with E-state index >= 15 is 0 Å². The van der Waals surface area contributed by atoms with Crippen LogP contribution < -0.4 is 4.90 Å². The monoisotopic (exact) mass is 434 g/mol. The Morgan fingerprint density at radius 2 is 1.26 bits per heavy atom. The molecule has 0 radical (unpaired) electrons. The minimum atomic E-state index is -3.43. The van der Waals surface area contributed by atoms with Crippen LogP contribution in [0.15, 0.2) is 95.9 Å². The first-order chi connectivity index (χ1) is 15.1. The average molecular weight is 435 g/mol. The van der Waals surface area contributed by atoms with Crippen molar-refractivity contribution < 1.29 is 8.42 Å². The highest BCUT2D eigenvalue weighted by atomic mass is 32.2. The lowest BCUT2D eigenvalue weighted by Gasteiger charge is -2.36. The number of hydrogen-bond donors (Lipinski definition) is 0. The van der Waals surface area contributed by atoms with Gasteiger partial charge >= 0.3 is 0 Å². The van der Waals surface area contributed by atoms with E-state index in [0.717, 1.165) is 44.7 Å². The molecule has 162 valence electrons. The number of para-hydroxylation sites is 1. The van der Waals surface area contributed by atoms with E-state index in [2.05, 4.69) is 34.1 Å². The predicted octanol–water partition coefficient (Wildman–Crippen LogP) is 4.80. The zero-order valence-corrected chi connectivity index (χ0v) is 18.6. The molecule has 1 aliphatic rings. The zero-order chi connectivity index (χ0) is 21.5. The van der Waals surface area contributed by atoms with Crippen LogP contribution in [0.2, 0.25) is 0 Å². The van der Waals surface area contributed by atoms with Crippen molar-refractivity contribution in [1.82, 2.24) is 4.90 Å². The highest BCUT2D eigenvalue weighted by Gasteiger charge is 2.29. The molecule has 31 heavy (non-hydrogen) atoms. The van der Waals surface area contributed by atoms with Gasteiger partial charge in [-0.05, 0) is 49.2 Å². The molecule has 3 aromatic rings. The quantitative estimate of drug-likeness (QED) is 0.510. The van der Waals surface area contributed by atoms with E-state index in [1.807, 2.05) is 42.5 Å².